The second-order valence-electron chi connectivity index (χ2n) is 5.89. The molecule has 5 heteroatoms. The zero-order valence-electron chi connectivity index (χ0n) is 12.7. The molecule has 2 heterocycles. The van der Waals surface area contributed by atoms with Crippen LogP contribution in [0.5, 0.6) is 0 Å². The van der Waals surface area contributed by atoms with Crippen molar-refractivity contribution in [3.63, 3.8) is 0 Å². The normalized spacial score (nSPS) is 21.2. The van der Waals surface area contributed by atoms with Gasteiger partial charge < -0.3 is 4.90 Å². The summed E-state index contributed by atoms with van der Waals surface area (Å²) < 4.78 is 0. The van der Waals surface area contributed by atoms with E-state index in [1.807, 2.05) is 4.90 Å². The van der Waals surface area contributed by atoms with Gasteiger partial charge in [0.2, 0.25) is 5.91 Å². The van der Waals surface area contributed by atoms with E-state index in [9.17, 15) is 14.4 Å². The predicted octanol–water partition coefficient (Wildman–Crippen LogP) is 2.07. The number of amides is 3. The van der Waals surface area contributed by atoms with E-state index in [0.717, 1.165) is 37.1 Å². The maximum atomic E-state index is 12.5. The minimum Gasteiger partial charge on any atom is -0.338 e. The molecule has 2 aliphatic heterocycles. The number of hydrogen-bond acceptors (Lipinski definition) is 3. The Morgan fingerprint density at radius 2 is 1.77 bits per heavy atom. The summed E-state index contributed by atoms with van der Waals surface area (Å²) in [6.45, 7) is 2.64. The van der Waals surface area contributed by atoms with Crippen molar-refractivity contribution in [1.29, 1.82) is 0 Å². The van der Waals surface area contributed by atoms with E-state index in [-0.39, 0.29) is 30.3 Å². The highest BCUT2D eigenvalue weighted by Gasteiger charge is 2.37. The summed E-state index contributed by atoms with van der Waals surface area (Å²) in [6, 6.07) is 6.96. The average Bonchev–Trinajstić information content (AvgIpc) is 2.80. The van der Waals surface area contributed by atoms with Crippen LogP contribution in [0.15, 0.2) is 24.3 Å². The Morgan fingerprint density at radius 1 is 1.14 bits per heavy atom. The van der Waals surface area contributed by atoms with Crippen molar-refractivity contribution in [2.45, 2.75) is 38.6 Å². The zero-order chi connectivity index (χ0) is 15.7. The van der Waals surface area contributed by atoms with E-state index in [1.165, 1.54) is 0 Å². The van der Waals surface area contributed by atoms with Crippen molar-refractivity contribution in [2.75, 3.05) is 13.1 Å². The van der Waals surface area contributed by atoms with Gasteiger partial charge in [0.25, 0.3) is 11.8 Å². The molecule has 1 atom stereocenters. The maximum Gasteiger partial charge on any atom is 0.262 e. The first-order chi connectivity index (χ1) is 10.6. The van der Waals surface area contributed by atoms with E-state index in [1.54, 1.807) is 24.3 Å². The number of hydrogen-bond donors (Lipinski definition) is 0. The van der Waals surface area contributed by atoms with E-state index < -0.39 is 0 Å². The van der Waals surface area contributed by atoms with Gasteiger partial charge in [0.15, 0.2) is 0 Å². The highest BCUT2D eigenvalue weighted by molar-refractivity contribution is 6.22. The fraction of sp³-hybridized carbons (Fsp3) is 0.471. The Hall–Kier alpha value is -2.17. The molecule has 0 aliphatic carbocycles. The van der Waals surface area contributed by atoms with Crippen molar-refractivity contribution in [1.82, 2.24) is 9.80 Å². The van der Waals surface area contributed by atoms with E-state index >= 15 is 0 Å². The molecule has 0 saturated carbocycles. The summed E-state index contributed by atoms with van der Waals surface area (Å²) >= 11 is 0. The third-order valence-electron chi connectivity index (χ3n) is 4.59. The molecule has 5 nitrogen and oxygen atoms in total. The Kier molecular flexibility index (Phi) is 3.96. The molecule has 3 rings (SSSR count). The molecular weight excluding hydrogens is 280 g/mol. The van der Waals surface area contributed by atoms with Crippen LogP contribution in [0.25, 0.3) is 0 Å². The summed E-state index contributed by atoms with van der Waals surface area (Å²) in [6.07, 6.45) is 4.04. The number of benzene rings is 1. The number of carbonyl (C=O) groups excluding carboxylic acids is 3. The van der Waals surface area contributed by atoms with Gasteiger partial charge in [0, 0.05) is 12.6 Å². The zero-order valence-corrected chi connectivity index (χ0v) is 12.7. The van der Waals surface area contributed by atoms with E-state index in [2.05, 4.69) is 6.92 Å². The van der Waals surface area contributed by atoms with Crippen LogP contribution in [0.4, 0.5) is 0 Å². The van der Waals surface area contributed by atoms with Gasteiger partial charge in [-0.2, -0.15) is 0 Å². The standard InChI is InChI=1S/C17H20N2O3/c1-2-12-7-5-6-10-18(12)15(20)11-19-16(21)13-8-3-4-9-14(13)17(19)22/h3-4,8-9,12H,2,5-7,10-11H2,1H3/t12-/m0/s1. The summed E-state index contributed by atoms with van der Waals surface area (Å²) in [5.74, 6) is -0.848. The molecular formula is C17H20N2O3. The fourth-order valence-corrected chi connectivity index (χ4v) is 3.36. The molecule has 1 saturated heterocycles. The van der Waals surface area contributed by atoms with Crippen molar-refractivity contribution in [3.8, 4) is 0 Å². The number of carbonyl (C=O) groups is 3. The van der Waals surface area contributed by atoms with Crippen molar-refractivity contribution in [3.05, 3.63) is 35.4 Å². The van der Waals surface area contributed by atoms with Gasteiger partial charge in [-0.1, -0.05) is 19.1 Å². The van der Waals surface area contributed by atoms with Crippen LogP contribution in [0, 0.1) is 0 Å². The summed E-state index contributed by atoms with van der Waals surface area (Å²) in [7, 11) is 0. The smallest absolute Gasteiger partial charge is 0.262 e. The highest BCUT2D eigenvalue weighted by atomic mass is 16.2. The van der Waals surface area contributed by atoms with E-state index in [0.29, 0.717) is 11.1 Å². The molecule has 0 radical (unpaired) electrons. The lowest BCUT2D eigenvalue weighted by molar-refractivity contribution is -0.135. The number of likely N-dealkylation sites (tertiary alicyclic amines) is 1. The van der Waals surface area contributed by atoms with Gasteiger partial charge in [0.1, 0.15) is 6.54 Å². The molecule has 1 aromatic rings. The monoisotopic (exact) mass is 300 g/mol. The largest absolute Gasteiger partial charge is 0.338 e. The van der Waals surface area contributed by atoms with Crippen LogP contribution in [-0.2, 0) is 4.79 Å². The lowest BCUT2D eigenvalue weighted by Gasteiger charge is -2.36. The molecule has 0 bridgehead atoms. The molecule has 1 fully saturated rings. The Morgan fingerprint density at radius 3 is 2.36 bits per heavy atom. The summed E-state index contributed by atoms with van der Waals surface area (Å²) in [5.41, 5.74) is 0.789. The van der Waals surface area contributed by atoms with Gasteiger partial charge >= 0.3 is 0 Å². The summed E-state index contributed by atoms with van der Waals surface area (Å²) in [5, 5.41) is 0. The first-order valence-electron chi connectivity index (χ1n) is 7.88. The minimum absolute atomic E-state index is 0.124. The van der Waals surface area contributed by atoms with Crippen LogP contribution in [-0.4, -0.2) is 46.7 Å². The van der Waals surface area contributed by atoms with Crippen LogP contribution in [0.3, 0.4) is 0 Å². The van der Waals surface area contributed by atoms with E-state index in [4.69, 9.17) is 0 Å². The van der Waals surface area contributed by atoms with Crippen molar-refractivity contribution in [2.24, 2.45) is 0 Å². The first kappa shape index (κ1) is 14.8. The molecule has 0 N–H and O–H groups in total. The Bertz CT molecular complexity index is 591. The van der Waals surface area contributed by atoms with Gasteiger partial charge in [0.05, 0.1) is 11.1 Å². The third-order valence-corrected chi connectivity index (χ3v) is 4.59. The molecule has 1 aromatic carbocycles. The average molecular weight is 300 g/mol. The topological polar surface area (TPSA) is 57.7 Å². The molecule has 0 unspecified atom stereocenters. The Balaban J connectivity index is 1.75. The number of imide groups is 1. The lowest BCUT2D eigenvalue weighted by atomic mass is 10.00. The SMILES string of the molecule is CC[C@H]1CCCCN1C(=O)CN1C(=O)c2ccccc2C1=O. The molecule has 22 heavy (non-hydrogen) atoms. The van der Waals surface area contributed by atoms with Gasteiger partial charge in [-0.15, -0.1) is 0 Å². The van der Waals surface area contributed by atoms with Gasteiger partial charge in [-0.3, -0.25) is 19.3 Å². The lowest BCUT2D eigenvalue weighted by Crippen LogP contribution is -2.48. The van der Waals surface area contributed by atoms with Crippen molar-refractivity contribution >= 4 is 17.7 Å². The molecule has 0 aromatic heterocycles. The highest BCUT2D eigenvalue weighted by Crippen LogP contribution is 2.24. The fourth-order valence-electron chi connectivity index (χ4n) is 3.36. The van der Waals surface area contributed by atoms with Gasteiger partial charge in [-0.05, 0) is 37.8 Å². The Labute approximate surface area is 129 Å². The van der Waals surface area contributed by atoms with Crippen LogP contribution < -0.4 is 0 Å². The maximum absolute atomic E-state index is 12.5. The number of rotatable bonds is 3. The second-order valence-corrected chi connectivity index (χ2v) is 5.89. The number of nitrogens with zero attached hydrogens (tertiary/aromatic N) is 2. The van der Waals surface area contributed by atoms with Gasteiger partial charge in [-0.25, -0.2) is 0 Å². The second kappa shape index (κ2) is 5.91. The minimum atomic E-state index is -0.362. The predicted molar refractivity (Wildman–Crippen MR) is 81.5 cm³/mol. The van der Waals surface area contributed by atoms with Crippen LogP contribution in [0.2, 0.25) is 0 Å². The number of piperidine rings is 1. The quantitative estimate of drug-likeness (QED) is 0.803. The molecule has 3 amide bonds. The first-order valence-corrected chi connectivity index (χ1v) is 7.88. The number of fused-ring (bicyclic) bond motifs is 1. The third kappa shape index (κ3) is 2.40. The molecule has 0 spiro atoms. The summed E-state index contributed by atoms with van der Waals surface area (Å²) in [4.78, 5) is 40.1. The molecule has 2 aliphatic rings. The van der Waals surface area contributed by atoms with Crippen LogP contribution >= 0.6 is 0 Å². The molecule has 116 valence electrons. The van der Waals surface area contributed by atoms with Crippen molar-refractivity contribution < 1.29 is 14.4 Å². The van der Waals surface area contributed by atoms with Crippen LogP contribution in [0.1, 0.15) is 53.3 Å².